The number of ether oxygens (including phenoxy) is 2. The van der Waals surface area contributed by atoms with Crippen molar-refractivity contribution in [2.45, 2.75) is 19.4 Å². The Labute approximate surface area is 230 Å². The molecule has 208 valence electrons. The minimum Gasteiger partial charge on any atom is -0.480 e. The number of fused-ring (bicyclic) bond motifs is 3. The zero-order valence-electron chi connectivity index (χ0n) is 22.0. The van der Waals surface area contributed by atoms with E-state index in [0.29, 0.717) is 5.56 Å². The van der Waals surface area contributed by atoms with E-state index in [1.165, 1.54) is 12.3 Å². The van der Waals surface area contributed by atoms with Gasteiger partial charge in [0.25, 0.3) is 0 Å². The fraction of sp³-hybridized carbons (Fsp3) is 0.276. The Bertz CT molecular complexity index is 1440. The number of aromatic nitrogens is 2. The number of nitrogens with one attached hydrogen (secondary N) is 1. The van der Waals surface area contributed by atoms with E-state index in [2.05, 4.69) is 16.9 Å². The molecule has 1 aliphatic carbocycles. The maximum Gasteiger partial charge on any atom is 0.407 e. The largest absolute Gasteiger partial charge is 0.480 e. The topological polar surface area (TPSA) is 140 Å². The third-order valence-electron chi connectivity index (χ3n) is 6.45. The highest BCUT2D eigenvalue weighted by molar-refractivity contribution is 5.81. The predicted octanol–water partition coefficient (Wildman–Crippen LogP) is 2.57. The van der Waals surface area contributed by atoms with Gasteiger partial charge in [-0.2, -0.15) is 4.98 Å². The molecule has 2 aromatic carbocycles. The Morgan fingerprint density at radius 3 is 2.40 bits per heavy atom. The average Bonchev–Trinajstić information content (AvgIpc) is 3.25. The molecule has 11 nitrogen and oxygen atoms in total. The van der Waals surface area contributed by atoms with E-state index < -0.39 is 36.7 Å². The Balaban J connectivity index is 1.32. The molecule has 11 heteroatoms. The maximum atomic E-state index is 12.9. The molecule has 0 radical (unpaired) electrons. The highest BCUT2D eigenvalue weighted by Crippen LogP contribution is 2.44. The molecule has 0 saturated heterocycles. The van der Waals surface area contributed by atoms with Crippen LogP contribution in [0.5, 0.6) is 5.88 Å². The van der Waals surface area contributed by atoms with E-state index in [9.17, 15) is 24.3 Å². The third-order valence-corrected chi connectivity index (χ3v) is 6.45. The number of rotatable bonds is 12. The normalized spacial score (nSPS) is 11.7. The second kappa shape index (κ2) is 12.7. The Morgan fingerprint density at radius 2 is 1.77 bits per heavy atom. The van der Waals surface area contributed by atoms with Crippen LogP contribution in [0.15, 0.2) is 72.2 Å². The molecule has 40 heavy (non-hydrogen) atoms. The van der Waals surface area contributed by atoms with Gasteiger partial charge in [-0.05, 0) is 29.2 Å². The highest BCUT2D eigenvalue weighted by Gasteiger charge is 2.29. The van der Waals surface area contributed by atoms with Crippen LogP contribution in [0.2, 0.25) is 0 Å². The number of alkyl carbamates (subject to hydrolysis) is 1. The molecule has 3 aromatic rings. The highest BCUT2D eigenvalue weighted by atomic mass is 16.5. The van der Waals surface area contributed by atoms with Crippen LogP contribution in [-0.2, 0) is 20.9 Å². The third kappa shape index (κ3) is 6.55. The second-order valence-electron chi connectivity index (χ2n) is 9.20. The number of benzene rings is 2. The van der Waals surface area contributed by atoms with Gasteiger partial charge in [-0.1, -0.05) is 61.2 Å². The quantitative estimate of drug-likeness (QED) is 0.331. The summed E-state index contributed by atoms with van der Waals surface area (Å²) in [7, 11) is 0. The van der Waals surface area contributed by atoms with Crippen molar-refractivity contribution in [2.75, 3.05) is 32.8 Å². The molecular formula is C29H30N4O7. The molecule has 1 aromatic heterocycles. The number of carbonyl (C=O) groups excluding carboxylic acids is 2. The lowest BCUT2D eigenvalue weighted by Gasteiger charge is -2.21. The van der Waals surface area contributed by atoms with E-state index in [1.54, 1.807) is 6.92 Å². The summed E-state index contributed by atoms with van der Waals surface area (Å²) in [5.74, 6) is -1.83. The number of aliphatic carboxylic acids is 1. The first-order valence-corrected chi connectivity index (χ1v) is 12.7. The summed E-state index contributed by atoms with van der Waals surface area (Å²) in [5.41, 5.74) is 4.18. The monoisotopic (exact) mass is 546 g/mol. The standard InChI is InChI=1S/C29H30N4O7/c1-3-14-39-27-19(2)15-33(28(37)31-27)16-25(34)32(17-26(35)36)13-12-30-29(38)40-18-24-22-10-6-4-8-20(22)21-9-5-7-11-23(21)24/h3-11,15,24H,1,12-14,16-18H2,2H3,(H,30,38)(H,35,36). The van der Waals surface area contributed by atoms with Gasteiger partial charge in [0.05, 0.1) is 0 Å². The molecule has 0 saturated carbocycles. The molecule has 0 aliphatic heterocycles. The van der Waals surface area contributed by atoms with E-state index in [-0.39, 0.29) is 38.1 Å². The molecule has 1 heterocycles. The lowest BCUT2D eigenvalue weighted by atomic mass is 9.98. The van der Waals surface area contributed by atoms with Gasteiger partial charge in [-0.3, -0.25) is 14.2 Å². The number of carboxylic acids is 1. The first kappa shape index (κ1) is 28.1. The lowest BCUT2D eigenvalue weighted by Crippen LogP contribution is -2.44. The zero-order valence-corrected chi connectivity index (χ0v) is 22.0. The molecule has 0 spiro atoms. The zero-order chi connectivity index (χ0) is 28.6. The minimum atomic E-state index is -1.23. The summed E-state index contributed by atoms with van der Waals surface area (Å²) in [6.45, 7) is 4.32. The van der Waals surface area contributed by atoms with E-state index in [4.69, 9.17) is 9.47 Å². The lowest BCUT2D eigenvalue weighted by molar-refractivity contribution is -0.144. The summed E-state index contributed by atoms with van der Waals surface area (Å²) in [5, 5.41) is 11.9. The van der Waals surface area contributed by atoms with Gasteiger partial charge >= 0.3 is 17.8 Å². The van der Waals surface area contributed by atoms with Crippen molar-refractivity contribution in [1.29, 1.82) is 0 Å². The van der Waals surface area contributed by atoms with Crippen LogP contribution < -0.4 is 15.7 Å². The van der Waals surface area contributed by atoms with Crippen molar-refractivity contribution >= 4 is 18.0 Å². The number of hydrogen-bond acceptors (Lipinski definition) is 7. The van der Waals surface area contributed by atoms with Gasteiger partial charge in [0.15, 0.2) is 0 Å². The molecule has 0 unspecified atom stereocenters. The summed E-state index contributed by atoms with van der Waals surface area (Å²) in [6.07, 6.45) is 2.24. The van der Waals surface area contributed by atoms with Crippen LogP contribution in [0.3, 0.4) is 0 Å². The fourth-order valence-electron chi connectivity index (χ4n) is 4.62. The molecule has 1 aliphatic rings. The summed E-state index contributed by atoms with van der Waals surface area (Å²) >= 11 is 0. The number of amides is 2. The summed E-state index contributed by atoms with van der Waals surface area (Å²) in [4.78, 5) is 53.9. The van der Waals surface area contributed by atoms with E-state index >= 15 is 0 Å². The number of carbonyl (C=O) groups is 3. The maximum absolute atomic E-state index is 12.9. The Morgan fingerprint density at radius 1 is 1.12 bits per heavy atom. The first-order valence-electron chi connectivity index (χ1n) is 12.7. The molecular weight excluding hydrogens is 516 g/mol. The van der Waals surface area contributed by atoms with E-state index in [1.807, 2.05) is 48.5 Å². The van der Waals surface area contributed by atoms with Gasteiger partial charge in [0.1, 0.15) is 26.3 Å². The predicted molar refractivity (Wildman–Crippen MR) is 146 cm³/mol. The van der Waals surface area contributed by atoms with Gasteiger partial charge in [-0.15, -0.1) is 0 Å². The Kier molecular flexibility index (Phi) is 8.95. The molecule has 4 rings (SSSR count). The van der Waals surface area contributed by atoms with Gasteiger partial charge < -0.3 is 24.8 Å². The second-order valence-corrected chi connectivity index (χ2v) is 9.20. The van der Waals surface area contributed by atoms with Gasteiger partial charge in [0, 0.05) is 30.8 Å². The number of nitrogens with zero attached hydrogens (tertiary/aromatic N) is 3. The molecule has 0 bridgehead atoms. The fourth-order valence-corrected chi connectivity index (χ4v) is 4.62. The van der Waals surface area contributed by atoms with Crippen molar-refractivity contribution in [1.82, 2.24) is 19.8 Å². The van der Waals surface area contributed by atoms with Crippen LogP contribution in [0.25, 0.3) is 11.1 Å². The number of hydrogen-bond donors (Lipinski definition) is 2. The molecule has 0 atom stereocenters. The van der Waals surface area contributed by atoms with Crippen LogP contribution in [0, 0.1) is 6.92 Å². The number of carboxylic acid groups (broad SMARTS) is 1. The van der Waals surface area contributed by atoms with E-state index in [0.717, 1.165) is 31.7 Å². The van der Waals surface area contributed by atoms with Crippen molar-refractivity contribution in [3.8, 4) is 17.0 Å². The molecule has 2 N–H and O–H groups in total. The minimum absolute atomic E-state index is 0.0454. The van der Waals surface area contributed by atoms with Crippen molar-refractivity contribution in [2.24, 2.45) is 0 Å². The Hall–Kier alpha value is -4.93. The van der Waals surface area contributed by atoms with Gasteiger partial charge in [0.2, 0.25) is 11.8 Å². The first-order chi connectivity index (χ1) is 19.3. The van der Waals surface area contributed by atoms with Crippen molar-refractivity contribution in [3.05, 3.63) is 94.6 Å². The van der Waals surface area contributed by atoms with Crippen molar-refractivity contribution < 1.29 is 29.0 Å². The smallest absolute Gasteiger partial charge is 0.407 e. The van der Waals surface area contributed by atoms with Crippen LogP contribution in [0.4, 0.5) is 4.79 Å². The molecule has 0 fully saturated rings. The SMILES string of the molecule is C=CCOc1nc(=O)n(CC(=O)N(CCNC(=O)OCC2c3ccccc3-c3ccccc32)CC(=O)O)cc1C. The summed E-state index contributed by atoms with van der Waals surface area (Å²) < 4.78 is 11.9. The molecule has 2 amide bonds. The van der Waals surface area contributed by atoms with Gasteiger partial charge in [-0.25, -0.2) is 9.59 Å². The van der Waals surface area contributed by atoms with Crippen LogP contribution in [0.1, 0.15) is 22.6 Å². The van der Waals surface area contributed by atoms with Crippen LogP contribution >= 0.6 is 0 Å². The average molecular weight is 547 g/mol. The van der Waals surface area contributed by atoms with Crippen LogP contribution in [-0.4, -0.2) is 70.4 Å². The summed E-state index contributed by atoms with van der Waals surface area (Å²) in [6, 6.07) is 15.9. The number of aryl methyl sites for hydroxylation is 1. The van der Waals surface area contributed by atoms with Crippen molar-refractivity contribution in [3.63, 3.8) is 0 Å².